The summed E-state index contributed by atoms with van der Waals surface area (Å²) in [5.74, 6) is -1.94. The third kappa shape index (κ3) is 2.90. The van der Waals surface area contributed by atoms with Crippen LogP contribution >= 0.6 is 0 Å². The Labute approximate surface area is 109 Å². The van der Waals surface area contributed by atoms with Crippen LogP contribution in [0.3, 0.4) is 0 Å². The fourth-order valence-corrected chi connectivity index (χ4v) is 2.01. The van der Waals surface area contributed by atoms with E-state index in [1.165, 1.54) is 12.1 Å². The van der Waals surface area contributed by atoms with Gasteiger partial charge in [0.1, 0.15) is 6.04 Å². The Morgan fingerprint density at radius 1 is 1.26 bits per heavy atom. The van der Waals surface area contributed by atoms with Crippen LogP contribution in [0.25, 0.3) is 0 Å². The number of rotatable bonds is 3. The summed E-state index contributed by atoms with van der Waals surface area (Å²) in [6.07, 6.45) is 1.35. The first-order valence-electron chi connectivity index (χ1n) is 6.00. The van der Waals surface area contributed by atoms with Crippen LogP contribution in [0.1, 0.15) is 33.6 Å². The highest BCUT2D eigenvalue weighted by atomic mass is 16.4. The number of amides is 2. The predicted molar refractivity (Wildman–Crippen MR) is 66.9 cm³/mol. The molecule has 6 heteroatoms. The lowest BCUT2D eigenvalue weighted by Crippen LogP contribution is -2.50. The van der Waals surface area contributed by atoms with Crippen molar-refractivity contribution in [2.24, 2.45) is 0 Å². The Morgan fingerprint density at radius 2 is 1.95 bits per heavy atom. The summed E-state index contributed by atoms with van der Waals surface area (Å²) in [4.78, 5) is 34.6. The molecule has 0 aliphatic carbocycles. The van der Waals surface area contributed by atoms with Crippen LogP contribution in [-0.4, -0.2) is 35.5 Å². The Kier molecular flexibility index (Phi) is 3.79. The fourth-order valence-electron chi connectivity index (χ4n) is 2.01. The quantitative estimate of drug-likeness (QED) is 0.734. The molecule has 6 nitrogen and oxygen atoms in total. The third-order valence-electron chi connectivity index (χ3n) is 2.99. The Balaban J connectivity index is 2.16. The van der Waals surface area contributed by atoms with E-state index in [0.29, 0.717) is 13.0 Å². The summed E-state index contributed by atoms with van der Waals surface area (Å²) in [6, 6.07) is 5.33. The summed E-state index contributed by atoms with van der Waals surface area (Å²) in [7, 11) is 0. The standard InChI is InChI=1S/C13H14N2O4/c16-11(15-10-6-3-7-14-12(10)17)8-4-1-2-5-9(8)13(18)19/h1-2,4-5,10H,3,6-7H2,(H,14,17)(H,15,16)(H,18,19). The average molecular weight is 262 g/mol. The number of nitrogens with one attached hydrogen (secondary N) is 2. The van der Waals surface area contributed by atoms with Gasteiger partial charge in [-0.3, -0.25) is 9.59 Å². The molecule has 0 bridgehead atoms. The lowest BCUT2D eigenvalue weighted by atomic mass is 10.0. The molecular formula is C13H14N2O4. The Bertz CT molecular complexity index is 527. The van der Waals surface area contributed by atoms with Crippen LogP contribution in [-0.2, 0) is 4.79 Å². The maximum Gasteiger partial charge on any atom is 0.336 e. The Morgan fingerprint density at radius 3 is 2.58 bits per heavy atom. The van der Waals surface area contributed by atoms with Gasteiger partial charge in [0.25, 0.3) is 5.91 Å². The van der Waals surface area contributed by atoms with Crippen molar-refractivity contribution in [1.82, 2.24) is 10.6 Å². The smallest absolute Gasteiger partial charge is 0.336 e. The molecule has 0 saturated carbocycles. The number of piperidine rings is 1. The predicted octanol–water partition coefficient (Wildman–Crippen LogP) is 0.393. The molecule has 1 atom stereocenters. The van der Waals surface area contributed by atoms with E-state index in [4.69, 9.17) is 5.11 Å². The van der Waals surface area contributed by atoms with Crippen molar-refractivity contribution in [2.75, 3.05) is 6.54 Å². The molecular weight excluding hydrogens is 248 g/mol. The average Bonchev–Trinajstić information content (AvgIpc) is 2.41. The molecule has 19 heavy (non-hydrogen) atoms. The first kappa shape index (κ1) is 13.1. The van der Waals surface area contributed by atoms with E-state index >= 15 is 0 Å². The van der Waals surface area contributed by atoms with Gasteiger partial charge < -0.3 is 15.7 Å². The van der Waals surface area contributed by atoms with E-state index in [2.05, 4.69) is 10.6 Å². The monoisotopic (exact) mass is 262 g/mol. The fraction of sp³-hybridized carbons (Fsp3) is 0.308. The Hall–Kier alpha value is -2.37. The molecule has 1 aromatic rings. The van der Waals surface area contributed by atoms with Crippen LogP contribution < -0.4 is 10.6 Å². The van der Waals surface area contributed by atoms with Gasteiger partial charge in [0.2, 0.25) is 5.91 Å². The number of carbonyl (C=O) groups is 3. The minimum atomic E-state index is -1.17. The summed E-state index contributed by atoms with van der Waals surface area (Å²) in [6.45, 7) is 0.608. The summed E-state index contributed by atoms with van der Waals surface area (Å²) >= 11 is 0. The van der Waals surface area contributed by atoms with Gasteiger partial charge in [0.15, 0.2) is 0 Å². The number of aromatic carboxylic acids is 1. The van der Waals surface area contributed by atoms with Crippen molar-refractivity contribution in [3.63, 3.8) is 0 Å². The van der Waals surface area contributed by atoms with E-state index in [-0.39, 0.29) is 17.0 Å². The highest BCUT2D eigenvalue weighted by Crippen LogP contribution is 2.10. The second-order valence-corrected chi connectivity index (χ2v) is 4.31. The molecule has 0 spiro atoms. The summed E-state index contributed by atoms with van der Waals surface area (Å²) < 4.78 is 0. The van der Waals surface area contributed by atoms with Crippen LogP contribution in [0, 0.1) is 0 Å². The largest absolute Gasteiger partial charge is 0.478 e. The molecule has 2 amide bonds. The molecule has 1 unspecified atom stereocenters. The normalized spacial score (nSPS) is 18.5. The van der Waals surface area contributed by atoms with Crippen molar-refractivity contribution in [3.8, 4) is 0 Å². The maximum atomic E-state index is 12.0. The summed E-state index contributed by atoms with van der Waals surface area (Å²) in [5, 5.41) is 14.2. The van der Waals surface area contributed by atoms with Crippen molar-refractivity contribution >= 4 is 17.8 Å². The number of benzene rings is 1. The van der Waals surface area contributed by atoms with Gasteiger partial charge in [-0.05, 0) is 25.0 Å². The highest BCUT2D eigenvalue weighted by Gasteiger charge is 2.25. The molecule has 1 fully saturated rings. The molecule has 1 aliphatic rings. The van der Waals surface area contributed by atoms with Crippen LogP contribution in [0.5, 0.6) is 0 Å². The molecule has 1 saturated heterocycles. The lowest BCUT2D eigenvalue weighted by molar-refractivity contribution is -0.124. The van der Waals surface area contributed by atoms with E-state index in [1.807, 2.05) is 0 Å². The van der Waals surface area contributed by atoms with Gasteiger partial charge in [0, 0.05) is 6.54 Å². The first-order chi connectivity index (χ1) is 9.09. The SMILES string of the molecule is O=C(O)c1ccccc1C(=O)NC1CCCNC1=O. The van der Waals surface area contributed by atoms with Crippen molar-refractivity contribution in [1.29, 1.82) is 0 Å². The van der Waals surface area contributed by atoms with Crippen molar-refractivity contribution in [3.05, 3.63) is 35.4 Å². The molecule has 2 rings (SSSR count). The number of hydrogen-bond acceptors (Lipinski definition) is 3. The number of carbonyl (C=O) groups excluding carboxylic acids is 2. The van der Waals surface area contributed by atoms with Crippen LogP contribution in [0.4, 0.5) is 0 Å². The molecule has 1 aromatic carbocycles. The first-order valence-corrected chi connectivity index (χ1v) is 6.00. The molecule has 0 radical (unpaired) electrons. The van der Waals surface area contributed by atoms with E-state index < -0.39 is 17.9 Å². The van der Waals surface area contributed by atoms with E-state index in [0.717, 1.165) is 6.42 Å². The third-order valence-corrected chi connectivity index (χ3v) is 2.99. The molecule has 1 aliphatic heterocycles. The highest BCUT2D eigenvalue weighted by molar-refractivity contribution is 6.06. The number of carboxylic acid groups (broad SMARTS) is 1. The van der Waals surface area contributed by atoms with Gasteiger partial charge in [-0.2, -0.15) is 0 Å². The second kappa shape index (κ2) is 5.51. The van der Waals surface area contributed by atoms with Crippen molar-refractivity contribution < 1.29 is 19.5 Å². The van der Waals surface area contributed by atoms with Gasteiger partial charge in [0.05, 0.1) is 11.1 Å². The maximum absolute atomic E-state index is 12.0. The number of carboxylic acids is 1. The van der Waals surface area contributed by atoms with Gasteiger partial charge in [-0.15, -0.1) is 0 Å². The molecule has 100 valence electrons. The zero-order chi connectivity index (χ0) is 13.8. The number of hydrogen-bond donors (Lipinski definition) is 3. The van der Waals surface area contributed by atoms with Gasteiger partial charge >= 0.3 is 5.97 Å². The van der Waals surface area contributed by atoms with E-state index in [1.54, 1.807) is 12.1 Å². The molecule has 1 heterocycles. The second-order valence-electron chi connectivity index (χ2n) is 4.31. The molecule has 0 aromatic heterocycles. The minimum absolute atomic E-state index is 0.0633. The van der Waals surface area contributed by atoms with Gasteiger partial charge in [-0.25, -0.2) is 4.79 Å². The van der Waals surface area contributed by atoms with E-state index in [9.17, 15) is 14.4 Å². The van der Waals surface area contributed by atoms with Gasteiger partial charge in [-0.1, -0.05) is 12.1 Å². The van der Waals surface area contributed by atoms with Crippen LogP contribution in [0.2, 0.25) is 0 Å². The zero-order valence-corrected chi connectivity index (χ0v) is 10.2. The minimum Gasteiger partial charge on any atom is -0.478 e. The lowest BCUT2D eigenvalue weighted by Gasteiger charge is -2.23. The summed E-state index contributed by atoms with van der Waals surface area (Å²) in [5.41, 5.74) is -0.00964. The zero-order valence-electron chi connectivity index (χ0n) is 10.2. The molecule has 3 N–H and O–H groups in total. The topological polar surface area (TPSA) is 95.5 Å². The van der Waals surface area contributed by atoms with Crippen LogP contribution in [0.15, 0.2) is 24.3 Å². The van der Waals surface area contributed by atoms with Crippen molar-refractivity contribution in [2.45, 2.75) is 18.9 Å².